The van der Waals surface area contributed by atoms with Crippen molar-refractivity contribution >= 4 is 17.1 Å². The van der Waals surface area contributed by atoms with Crippen molar-refractivity contribution < 1.29 is 0 Å². The first-order valence-corrected chi connectivity index (χ1v) is 5.15. The lowest BCUT2D eigenvalue weighted by Gasteiger charge is -2.32. The molecule has 0 fully saturated rings. The normalized spacial score (nSPS) is 19.7. The lowest BCUT2D eigenvalue weighted by atomic mass is 9.73. The highest BCUT2D eigenvalue weighted by Crippen LogP contribution is 2.36. The van der Waals surface area contributed by atoms with Gasteiger partial charge in [0.2, 0.25) is 0 Å². The molecule has 1 heteroatoms. The molecule has 0 heterocycles. The van der Waals surface area contributed by atoms with Crippen molar-refractivity contribution in [1.29, 1.82) is 0 Å². The molecule has 1 aromatic carbocycles. The summed E-state index contributed by atoms with van der Waals surface area (Å²) in [6, 6.07) is 8.54. The summed E-state index contributed by atoms with van der Waals surface area (Å²) < 4.78 is 0. The van der Waals surface area contributed by atoms with Gasteiger partial charge < -0.3 is 0 Å². The molecule has 0 saturated carbocycles. The molecule has 2 rings (SSSR count). The van der Waals surface area contributed by atoms with Crippen molar-refractivity contribution in [2.45, 2.75) is 32.1 Å². The third-order valence-corrected chi connectivity index (χ3v) is 3.36. The Hall–Kier alpha value is -0.690. The number of benzene rings is 1. The Balaban J connectivity index is 2.61. The summed E-state index contributed by atoms with van der Waals surface area (Å²) in [5, 5.41) is 0. The molecule has 0 radical (unpaired) electrons. The maximum atomic E-state index is 5.36. The number of thiocarbonyl (C=S) groups is 1. The van der Waals surface area contributed by atoms with Gasteiger partial charge in [0.1, 0.15) is 0 Å². The number of rotatable bonds is 0. The summed E-state index contributed by atoms with van der Waals surface area (Å²) in [5.41, 5.74) is 3.03. The molecule has 0 bridgehead atoms. The minimum Gasteiger partial charge on any atom is -0.0843 e. The van der Waals surface area contributed by atoms with Crippen LogP contribution < -0.4 is 0 Å². The fourth-order valence-corrected chi connectivity index (χ4v) is 2.29. The van der Waals surface area contributed by atoms with Crippen LogP contribution >= 0.6 is 12.2 Å². The lowest BCUT2D eigenvalue weighted by molar-refractivity contribution is 0.482. The molecule has 0 N–H and O–H groups in total. The Morgan fingerprint density at radius 3 is 2.62 bits per heavy atom. The fraction of sp³-hybridized carbons (Fsp3) is 0.417. The van der Waals surface area contributed by atoms with Crippen LogP contribution in [0, 0.1) is 0 Å². The minimum atomic E-state index is 0.304. The first kappa shape index (κ1) is 8.89. The van der Waals surface area contributed by atoms with E-state index >= 15 is 0 Å². The molecule has 1 aliphatic carbocycles. The largest absolute Gasteiger partial charge is 0.0843 e. The maximum absolute atomic E-state index is 5.36. The van der Waals surface area contributed by atoms with Crippen LogP contribution in [0.25, 0.3) is 0 Å². The molecule has 1 aliphatic rings. The summed E-state index contributed by atoms with van der Waals surface area (Å²) in [4.78, 5) is 1.13. The first-order chi connectivity index (χ1) is 6.11. The van der Waals surface area contributed by atoms with Gasteiger partial charge in [-0.3, -0.25) is 0 Å². The quantitative estimate of drug-likeness (QED) is 0.564. The van der Waals surface area contributed by atoms with Gasteiger partial charge in [-0.1, -0.05) is 50.3 Å². The standard InChI is InChI=1S/C12H14S/c1-12(2)8-7-11(13)9-5-3-4-6-10(9)12/h3-6H,7-8H2,1-2H3. The van der Waals surface area contributed by atoms with Crippen molar-refractivity contribution in [2.24, 2.45) is 0 Å². The maximum Gasteiger partial charge on any atom is 0.0227 e. The van der Waals surface area contributed by atoms with E-state index in [2.05, 4.69) is 38.1 Å². The lowest BCUT2D eigenvalue weighted by Crippen LogP contribution is -2.26. The molecule has 0 aromatic heterocycles. The number of hydrogen-bond donors (Lipinski definition) is 0. The Bertz CT molecular complexity index is 350. The Kier molecular flexibility index (Phi) is 1.99. The van der Waals surface area contributed by atoms with Crippen LogP contribution in [0.2, 0.25) is 0 Å². The SMILES string of the molecule is CC1(C)CCC(=S)c2ccccc21. The summed E-state index contributed by atoms with van der Waals surface area (Å²) in [5.74, 6) is 0. The summed E-state index contributed by atoms with van der Waals surface area (Å²) in [7, 11) is 0. The fourth-order valence-electron chi connectivity index (χ4n) is 2.01. The predicted molar refractivity (Wildman–Crippen MR) is 60.4 cm³/mol. The third kappa shape index (κ3) is 1.42. The van der Waals surface area contributed by atoms with Gasteiger partial charge in [-0.2, -0.15) is 0 Å². The number of fused-ring (bicyclic) bond motifs is 1. The summed E-state index contributed by atoms with van der Waals surface area (Å²) in [6.07, 6.45) is 2.25. The van der Waals surface area contributed by atoms with Crippen LogP contribution in [0.15, 0.2) is 24.3 Å². The van der Waals surface area contributed by atoms with Crippen LogP contribution in [-0.2, 0) is 5.41 Å². The second kappa shape index (κ2) is 2.91. The van der Waals surface area contributed by atoms with Crippen molar-refractivity contribution in [1.82, 2.24) is 0 Å². The van der Waals surface area contributed by atoms with E-state index in [1.54, 1.807) is 0 Å². The van der Waals surface area contributed by atoms with Crippen LogP contribution in [0.1, 0.15) is 37.8 Å². The molecule has 0 unspecified atom stereocenters. The van der Waals surface area contributed by atoms with Gasteiger partial charge in [0.25, 0.3) is 0 Å². The van der Waals surface area contributed by atoms with E-state index in [1.807, 2.05) is 0 Å². The summed E-state index contributed by atoms with van der Waals surface area (Å²) >= 11 is 5.36. The molecule has 0 saturated heterocycles. The van der Waals surface area contributed by atoms with Gasteiger partial charge in [-0.05, 0) is 29.4 Å². The average molecular weight is 190 g/mol. The third-order valence-electron chi connectivity index (χ3n) is 2.93. The van der Waals surface area contributed by atoms with E-state index in [1.165, 1.54) is 17.5 Å². The average Bonchev–Trinajstić information content (AvgIpc) is 2.13. The molecule has 0 amide bonds. The smallest absolute Gasteiger partial charge is 0.0227 e. The molecule has 0 atom stereocenters. The summed E-state index contributed by atoms with van der Waals surface area (Å²) in [6.45, 7) is 4.60. The van der Waals surface area contributed by atoms with E-state index in [0.717, 1.165) is 11.3 Å². The highest BCUT2D eigenvalue weighted by atomic mass is 32.1. The second-order valence-corrected chi connectivity index (χ2v) is 4.85. The molecule has 68 valence electrons. The molecule has 1 aromatic rings. The van der Waals surface area contributed by atoms with E-state index in [0.29, 0.717) is 5.41 Å². The van der Waals surface area contributed by atoms with Gasteiger partial charge in [0, 0.05) is 4.86 Å². The van der Waals surface area contributed by atoms with Gasteiger partial charge in [-0.15, -0.1) is 0 Å². The predicted octanol–water partition coefficient (Wildman–Crippen LogP) is 3.48. The van der Waals surface area contributed by atoms with Gasteiger partial charge in [0.05, 0.1) is 0 Å². The highest BCUT2D eigenvalue weighted by molar-refractivity contribution is 7.80. The monoisotopic (exact) mass is 190 g/mol. The highest BCUT2D eigenvalue weighted by Gasteiger charge is 2.28. The zero-order valence-corrected chi connectivity index (χ0v) is 8.95. The molecular weight excluding hydrogens is 176 g/mol. The molecule has 13 heavy (non-hydrogen) atoms. The molecular formula is C12H14S. The topological polar surface area (TPSA) is 0 Å². The Morgan fingerprint density at radius 2 is 1.92 bits per heavy atom. The van der Waals surface area contributed by atoms with E-state index in [4.69, 9.17) is 12.2 Å². The van der Waals surface area contributed by atoms with Crippen LogP contribution in [0.4, 0.5) is 0 Å². The molecule has 0 aliphatic heterocycles. The second-order valence-electron chi connectivity index (χ2n) is 4.35. The van der Waals surface area contributed by atoms with Gasteiger partial charge >= 0.3 is 0 Å². The van der Waals surface area contributed by atoms with E-state index in [-0.39, 0.29) is 0 Å². The zero-order chi connectivity index (χ0) is 9.47. The van der Waals surface area contributed by atoms with Crippen molar-refractivity contribution in [2.75, 3.05) is 0 Å². The Morgan fingerprint density at radius 1 is 1.23 bits per heavy atom. The molecule has 0 spiro atoms. The first-order valence-electron chi connectivity index (χ1n) is 4.74. The van der Waals surface area contributed by atoms with Crippen LogP contribution in [-0.4, -0.2) is 4.86 Å². The van der Waals surface area contributed by atoms with Crippen LogP contribution in [0.5, 0.6) is 0 Å². The van der Waals surface area contributed by atoms with Crippen molar-refractivity contribution in [3.8, 4) is 0 Å². The molecule has 0 nitrogen and oxygen atoms in total. The van der Waals surface area contributed by atoms with Crippen molar-refractivity contribution in [3.63, 3.8) is 0 Å². The van der Waals surface area contributed by atoms with Crippen molar-refractivity contribution in [3.05, 3.63) is 35.4 Å². The number of hydrogen-bond acceptors (Lipinski definition) is 1. The zero-order valence-electron chi connectivity index (χ0n) is 8.13. The van der Waals surface area contributed by atoms with E-state index < -0.39 is 0 Å². The van der Waals surface area contributed by atoms with E-state index in [9.17, 15) is 0 Å². The van der Waals surface area contributed by atoms with Gasteiger partial charge in [-0.25, -0.2) is 0 Å². The van der Waals surface area contributed by atoms with Gasteiger partial charge in [0.15, 0.2) is 0 Å². The van der Waals surface area contributed by atoms with Crippen LogP contribution in [0.3, 0.4) is 0 Å². The Labute approximate surface area is 85.0 Å². The minimum absolute atomic E-state index is 0.304.